The van der Waals surface area contributed by atoms with E-state index in [1.54, 1.807) is 35.2 Å². The van der Waals surface area contributed by atoms with Gasteiger partial charge in [-0.05, 0) is 42.5 Å². The molecular formula is C19H15FN4O. The van der Waals surface area contributed by atoms with Crippen LogP contribution >= 0.6 is 0 Å². The van der Waals surface area contributed by atoms with Gasteiger partial charge >= 0.3 is 0 Å². The lowest BCUT2D eigenvalue weighted by Crippen LogP contribution is -2.28. The second kappa shape index (κ2) is 7.41. The first-order valence-corrected chi connectivity index (χ1v) is 7.74. The molecule has 2 heterocycles. The number of nitriles is 1. The lowest BCUT2D eigenvalue weighted by Gasteiger charge is -2.10. The van der Waals surface area contributed by atoms with Crippen LogP contribution < -0.4 is 5.32 Å². The molecule has 1 N–H and O–H groups in total. The number of benzene rings is 1. The molecule has 0 fully saturated rings. The van der Waals surface area contributed by atoms with Crippen molar-refractivity contribution in [1.82, 2.24) is 14.9 Å². The zero-order chi connectivity index (χ0) is 17.6. The lowest BCUT2D eigenvalue weighted by molar-refractivity contribution is 0.0947. The van der Waals surface area contributed by atoms with Crippen LogP contribution in [0.4, 0.5) is 4.39 Å². The van der Waals surface area contributed by atoms with E-state index < -0.39 is 0 Å². The van der Waals surface area contributed by atoms with Crippen LogP contribution in [0.2, 0.25) is 0 Å². The van der Waals surface area contributed by atoms with E-state index in [1.807, 2.05) is 24.3 Å². The van der Waals surface area contributed by atoms with Gasteiger partial charge < -0.3 is 9.88 Å². The molecule has 0 aliphatic heterocycles. The van der Waals surface area contributed by atoms with Crippen LogP contribution in [0.15, 0.2) is 60.9 Å². The van der Waals surface area contributed by atoms with Crippen LogP contribution in [0.25, 0.3) is 5.69 Å². The summed E-state index contributed by atoms with van der Waals surface area (Å²) in [5, 5.41) is 12.1. The number of rotatable bonds is 5. The molecule has 0 spiro atoms. The first-order chi connectivity index (χ1) is 12.2. The summed E-state index contributed by atoms with van der Waals surface area (Å²) in [5.41, 5.74) is 1.98. The molecule has 0 saturated carbocycles. The number of carbonyl (C=O) groups is 1. The number of halogens is 1. The molecule has 0 bridgehead atoms. The number of nitrogens with one attached hydrogen (secondary N) is 1. The van der Waals surface area contributed by atoms with E-state index in [0.29, 0.717) is 18.7 Å². The van der Waals surface area contributed by atoms with E-state index >= 15 is 0 Å². The Morgan fingerprint density at radius 3 is 2.68 bits per heavy atom. The summed E-state index contributed by atoms with van der Waals surface area (Å²) in [6.07, 6.45) is 3.91. The van der Waals surface area contributed by atoms with Crippen LogP contribution in [0.3, 0.4) is 0 Å². The van der Waals surface area contributed by atoms with Gasteiger partial charge in [0.25, 0.3) is 5.91 Å². The Morgan fingerprint density at radius 2 is 2.00 bits per heavy atom. The smallest absolute Gasteiger partial charge is 0.269 e. The fourth-order valence-electron chi connectivity index (χ4n) is 2.50. The molecule has 0 aliphatic rings. The molecule has 6 heteroatoms. The van der Waals surface area contributed by atoms with Crippen LogP contribution in [0.1, 0.15) is 21.7 Å². The molecule has 0 unspecified atom stereocenters. The Kier molecular flexibility index (Phi) is 4.86. The highest BCUT2D eigenvalue weighted by Gasteiger charge is 2.18. The van der Waals surface area contributed by atoms with Gasteiger partial charge in [0.15, 0.2) is 0 Å². The number of pyridine rings is 1. The van der Waals surface area contributed by atoms with Crippen LogP contribution in [0, 0.1) is 17.1 Å². The van der Waals surface area contributed by atoms with Gasteiger partial charge in [-0.1, -0.05) is 6.07 Å². The summed E-state index contributed by atoms with van der Waals surface area (Å²) in [4.78, 5) is 16.8. The van der Waals surface area contributed by atoms with Gasteiger partial charge in [-0.2, -0.15) is 5.26 Å². The van der Waals surface area contributed by atoms with Crippen LogP contribution in [-0.2, 0) is 6.42 Å². The van der Waals surface area contributed by atoms with Crippen molar-refractivity contribution in [2.24, 2.45) is 0 Å². The zero-order valence-electron chi connectivity index (χ0n) is 13.3. The van der Waals surface area contributed by atoms with Crippen molar-refractivity contribution in [2.45, 2.75) is 6.42 Å². The SMILES string of the molecule is N#Cc1ccn(-c2ccc(F)cc2)c1C(=O)NCCc1ccccn1. The number of aromatic nitrogens is 2. The average molecular weight is 334 g/mol. The minimum Gasteiger partial charge on any atom is -0.350 e. The Balaban J connectivity index is 1.78. The molecule has 5 nitrogen and oxygen atoms in total. The van der Waals surface area contributed by atoms with Crippen molar-refractivity contribution in [3.05, 3.63) is 83.7 Å². The maximum atomic E-state index is 13.1. The molecule has 3 aromatic rings. The molecular weight excluding hydrogens is 319 g/mol. The van der Waals surface area contributed by atoms with Crippen molar-refractivity contribution in [1.29, 1.82) is 5.26 Å². The standard InChI is InChI=1S/C19H15FN4O/c20-15-4-6-17(7-5-15)24-12-9-14(13-21)18(24)19(25)23-11-8-16-3-1-2-10-22-16/h1-7,9-10,12H,8,11H2,(H,23,25). The van der Waals surface area contributed by atoms with Gasteiger partial charge in [-0.3, -0.25) is 9.78 Å². The molecule has 3 rings (SSSR count). The Morgan fingerprint density at radius 1 is 1.20 bits per heavy atom. The largest absolute Gasteiger partial charge is 0.350 e. The fourth-order valence-corrected chi connectivity index (χ4v) is 2.50. The van der Waals surface area contributed by atoms with Crippen molar-refractivity contribution in [2.75, 3.05) is 6.54 Å². The Bertz CT molecular complexity index is 911. The molecule has 1 amide bonds. The number of carbonyl (C=O) groups excluding carboxylic acids is 1. The number of amides is 1. The quantitative estimate of drug-likeness (QED) is 0.780. The molecule has 0 saturated heterocycles. The van der Waals surface area contributed by atoms with Gasteiger partial charge in [-0.15, -0.1) is 0 Å². The summed E-state index contributed by atoms with van der Waals surface area (Å²) in [5.74, 6) is -0.723. The minimum atomic E-state index is -0.363. The second-order valence-electron chi connectivity index (χ2n) is 5.36. The normalized spacial score (nSPS) is 10.2. The number of nitrogens with zero attached hydrogens (tertiary/aromatic N) is 3. The summed E-state index contributed by atoms with van der Waals surface area (Å²) >= 11 is 0. The summed E-state index contributed by atoms with van der Waals surface area (Å²) in [6.45, 7) is 0.398. The van der Waals surface area contributed by atoms with Gasteiger partial charge in [-0.25, -0.2) is 4.39 Å². The van der Waals surface area contributed by atoms with Crippen molar-refractivity contribution in [3.63, 3.8) is 0 Å². The molecule has 124 valence electrons. The monoisotopic (exact) mass is 334 g/mol. The van der Waals surface area contributed by atoms with Crippen molar-refractivity contribution in [3.8, 4) is 11.8 Å². The van der Waals surface area contributed by atoms with Crippen molar-refractivity contribution >= 4 is 5.91 Å². The summed E-state index contributed by atoms with van der Waals surface area (Å²) in [6, 6.07) is 14.9. The molecule has 0 atom stereocenters. The molecule has 25 heavy (non-hydrogen) atoms. The van der Waals surface area contributed by atoms with E-state index in [2.05, 4.69) is 10.3 Å². The maximum absolute atomic E-state index is 13.1. The topological polar surface area (TPSA) is 70.7 Å². The van der Waals surface area contributed by atoms with Gasteiger partial charge in [0.05, 0.1) is 5.56 Å². The maximum Gasteiger partial charge on any atom is 0.269 e. The van der Waals surface area contributed by atoms with E-state index in [4.69, 9.17) is 0 Å². The molecule has 0 radical (unpaired) electrons. The van der Waals surface area contributed by atoms with Gasteiger partial charge in [0, 0.05) is 36.7 Å². The zero-order valence-corrected chi connectivity index (χ0v) is 13.3. The van der Waals surface area contributed by atoms with Crippen LogP contribution in [0.5, 0.6) is 0 Å². The highest BCUT2D eigenvalue weighted by molar-refractivity contribution is 5.95. The van der Waals surface area contributed by atoms with E-state index in [9.17, 15) is 14.4 Å². The first-order valence-electron chi connectivity index (χ1n) is 7.74. The first kappa shape index (κ1) is 16.4. The Labute approximate surface area is 144 Å². The highest BCUT2D eigenvalue weighted by Crippen LogP contribution is 2.17. The summed E-state index contributed by atoms with van der Waals surface area (Å²) < 4.78 is 14.7. The third kappa shape index (κ3) is 3.72. The third-order valence-corrected chi connectivity index (χ3v) is 3.72. The fraction of sp³-hybridized carbons (Fsp3) is 0.105. The predicted molar refractivity (Wildman–Crippen MR) is 90.7 cm³/mol. The van der Waals surface area contributed by atoms with E-state index in [1.165, 1.54) is 12.1 Å². The van der Waals surface area contributed by atoms with E-state index in [0.717, 1.165) is 5.69 Å². The average Bonchev–Trinajstić information content (AvgIpc) is 3.07. The van der Waals surface area contributed by atoms with E-state index in [-0.39, 0.29) is 23.0 Å². The molecule has 2 aromatic heterocycles. The molecule has 0 aliphatic carbocycles. The number of hydrogen-bond acceptors (Lipinski definition) is 3. The Hall–Kier alpha value is -3.46. The second-order valence-corrected chi connectivity index (χ2v) is 5.36. The molecule has 1 aromatic carbocycles. The minimum absolute atomic E-state index is 0.232. The number of hydrogen-bond donors (Lipinski definition) is 1. The highest BCUT2D eigenvalue weighted by atomic mass is 19.1. The summed E-state index contributed by atoms with van der Waals surface area (Å²) in [7, 11) is 0. The third-order valence-electron chi connectivity index (χ3n) is 3.72. The van der Waals surface area contributed by atoms with Crippen LogP contribution in [-0.4, -0.2) is 22.0 Å². The van der Waals surface area contributed by atoms with Gasteiger partial charge in [0.1, 0.15) is 17.6 Å². The van der Waals surface area contributed by atoms with Crippen molar-refractivity contribution < 1.29 is 9.18 Å². The van der Waals surface area contributed by atoms with Gasteiger partial charge in [0.2, 0.25) is 0 Å². The lowest BCUT2D eigenvalue weighted by atomic mass is 10.2. The predicted octanol–water partition coefficient (Wildman–Crippen LogP) is 2.86.